The van der Waals surface area contributed by atoms with Gasteiger partial charge in [0, 0.05) is 6.54 Å². The molecular weight excluding hydrogens is 252 g/mol. The van der Waals surface area contributed by atoms with Gasteiger partial charge in [-0.15, -0.1) is 0 Å². The van der Waals surface area contributed by atoms with Crippen molar-refractivity contribution in [3.63, 3.8) is 0 Å². The van der Waals surface area contributed by atoms with Gasteiger partial charge in [-0.1, -0.05) is 20.8 Å². The normalized spacial score (nSPS) is 14.6. The zero-order valence-electron chi connectivity index (χ0n) is 14.3. The molecule has 0 saturated carbocycles. The van der Waals surface area contributed by atoms with E-state index in [4.69, 9.17) is 4.74 Å². The average molecular weight is 286 g/mol. The first-order valence-corrected chi connectivity index (χ1v) is 7.87. The molecule has 1 unspecified atom stereocenters. The highest BCUT2D eigenvalue weighted by Gasteiger charge is 2.32. The summed E-state index contributed by atoms with van der Waals surface area (Å²) < 4.78 is 4.93. The third kappa shape index (κ3) is 7.85. The fourth-order valence-electron chi connectivity index (χ4n) is 2.46. The largest absolute Gasteiger partial charge is 0.468 e. The van der Waals surface area contributed by atoms with Gasteiger partial charge in [-0.25, -0.2) is 0 Å². The Morgan fingerprint density at radius 1 is 1.35 bits per heavy atom. The first-order valence-electron chi connectivity index (χ1n) is 7.87. The van der Waals surface area contributed by atoms with Crippen LogP contribution < -0.4 is 5.32 Å². The van der Waals surface area contributed by atoms with Crippen LogP contribution in [0.15, 0.2) is 0 Å². The summed E-state index contributed by atoms with van der Waals surface area (Å²) in [4.78, 5) is 14.3. The second kappa shape index (κ2) is 10.2. The molecule has 120 valence electrons. The minimum Gasteiger partial charge on any atom is -0.468 e. The number of hydrogen-bond donors (Lipinski definition) is 1. The molecule has 0 aromatic heterocycles. The fraction of sp³-hybridized carbons (Fsp3) is 0.938. The highest BCUT2D eigenvalue weighted by atomic mass is 16.5. The smallest absolute Gasteiger partial charge is 0.325 e. The lowest BCUT2D eigenvalue weighted by Gasteiger charge is -2.28. The van der Waals surface area contributed by atoms with Gasteiger partial charge in [0.25, 0.3) is 0 Å². The van der Waals surface area contributed by atoms with Gasteiger partial charge in [-0.3, -0.25) is 4.79 Å². The van der Waals surface area contributed by atoms with E-state index in [-0.39, 0.29) is 5.97 Å². The molecule has 0 heterocycles. The molecule has 0 rings (SSSR count). The summed E-state index contributed by atoms with van der Waals surface area (Å²) in [6.45, 7) is 11.6. The molecule has 0 aliphatic heterocycles. The number of rotatable bonds is 11. The van der Waals surface area contributed by atoms with Crippen LogP contribution in [-0.4, -0.2) is 50.2 Å². The molecule has 0 aliphatic rings. The topological polar surface area (TPSA) is 41.6 Å². The van der Waals surface area contributed by atoms with Crippen LogP contribution in [0.1, 0.15) is 53.4 Å². The van der Waals surface area contributed by atoms with Gasteiger partial charge in [0.05, 0.1) is 7.11 Å². The predicted molar refractivity (Wildman–Crippen MR) is 84.9 cm³/mol. The molecule has 1 atom stereocenters. The molecule has 1 N–H and O–H groups in total. The number of methoxy groups -OCH3 is 1. The number of nitrogens with zero attached hydrogens (tertiary/aromatic N) is 1. The predicted octanol–water partition coefficient (Wildman–Crippen LogP) is 2.68. The number of carbonyl (C=O) groups is 1. The van der Waals surface area contributed by atoms with E-state index in [9.17, 15) is 4.79 Å². The third-order valence-corrected chi connectivity index (χ3v) is 3.54. The van der Waals surface area contributed by atoms with Crippen LogP contribution in [0.5, 0.6) is 0 Å². The van der Waals surface area contributed by atoms with Gasteiger partial charge >= 0.3 is 5.97 Å². The monoisotopic (exact) mass is 286 g/mol. The standard InChI is InChI=1S/C16H34N2O2/c1-7-11-17-16(4,15(19)20-6)10-8-9-12-18(5)13-14(2)3/h14,17H,7-13H2,1-6H3. The number of carbonyl (C=O) groups excluding carboxylic acids is 1. The molecular formula is C16H34N2O2. The quantitative estimate of drug-likeness (QED) is 0.468. The van der Waals surface area contributed by atoms with Crippen molar-refractivity contribution in [3.8, 4) is 0 Å². The van der Waals surface area contributed by atoms with Crippen LogP contribution in [0.3, 0.4) is 0 Å². The lowest BCUT2D eigenvalue weighted by Crippen LogP contribution is -2.50. The summed E-state index contributed by atoms with van der Waals surface area (Å²) in [6, 6.07) is 0. The van der Waals surface area contributed by atoms with E-state index in [0.717, 1.165) is 45.3 Å². The van der Waals surface area contributed by atoms with Crippen LogP contribution in [0.2, 0.25) is 0 Å². The van der Waals surface area contributed by atoms with E-state index in [1.807, 2.05) is 6.92 Å². The van der Waals surface area contributed by atoms with Crippen molar-refractivity contribution in [1.29, 1.82) is 0 Å². The summed E-state index contributed by atoms with van der Waals surface area (Å²) in [5.41, 5.74) is -0.540. The van der Waals surface area contributed by atoms with Gasteiger partial charge in [0.2, 0.25) is 0 Å². The maximum atomic E-state index is 11.9. The number of unbranched alkanes of at least 4 members (excludes halogenated alkanes) is 1. The van der Waals surface area contributed by atoms with Gasteiger partial charge in [-0.05, 0) is 58.7 Å². The van der Waals surface area contributed by atoms with E-state index >= 15 is 0 Å². The number of nitrogens with one attached hydrogen (secondary N) is 1. The summed E-state index contributed by atoms with van der Waals surface area (Å²) >= 11 is 0. The zero-order chi connectivity index (χ0) is 15.6. The van der Waals surface area contributed by atoms with E-state index in [2.05, 4.69) is 38.0 Å². The maximum Gasteiger partial charge on any atom is 0.325 e. The summed E-state index contributed by atoms with van der Waals surface area (Å²) in [5, 5.41) is 3.33. The average Bonchev–Trinajstić information content (AvgIpc) is 2.39. The fourth-order valence-corrected chi connectivity index (χ4v) is 2.46. The van der Waals surface area contributed by atoms with E-state index < -0.39 is 5.54 Å². The molecule has 20 heavy (non-hydrogen) atoms. The van der Waals surface area contributed by atoms with Crippen molar-refractivity contribution >= 4 is 5.97 Å². The lowest BCUT2D eigenvalue weighted by molar-refractivity contribution is -0.148. The number of ether oxygens (including phenoxy) is 1. The van der Waals surface area contributed by atoms with Crippen molar-refractivity contribution in [2.45, 2.75) is 58.9 Å². The summed E-state index contributed by atoms with van der Waals surface area (Å²) in [5.74, 6) is 0.549. The highest BCUT2D eigenvalue weighted by Crippen LogP contribution is 2.16. The van der Waals surface area contributed by atoms with E-state index in [1.54, 1.807) is 0 Å². The molecule has 0 aliphatic carbocycles. The SMILES string of the molecule is CCCNC(C)(CCCCN(C)CC(C)C)C(=O)OC. The second-order valence-corrected chi connectivity index (χ2v) is 6.36. The first kappa shape index (κ1) is 19.4. The molecule has 0 bridgehead atoms. The highest BCUT2D eigenvalue weighted by molar-refractivity contribution is 5.80. The Kier molecular flexibility index (Phi) is 9.86. The number of esters is 1. The van der Waals surface area contributed by atoms with E-state index in [0.29, 0.717) is 5.92 Å². The zero-order valence-corrected chi connectivity index (χ0v) is 14.3. The molecule has 0 spiro atoms. The van der Waals surface area contributed by atoms with Crippen LogP contribution >= 0.6 is 0 Å². The van der Waals surface area contributed by atoms with Gasteiger partial charge in [0.1, 0.15) is 5.54 Å². The van der Waals surface area contributed by atoms with E-state index in [1.165, 1.54) is 7.11 Å². The lowest BCUT2D eigenvalue weighted by atomic mass is 9.94. The molecule has 0 fully saturated rings. The molecule has 0 aromatic carbocycles. The molecule has 0 radical (unpaired) electrons. The van der Waals surface area contributed by atoms with Crippen molar-refractivity contribution in [3.05, 3.63) is 0 Å². The van der Waals surface area contributed by atoms with Crippen molar-refractivity contribution < 1.29 is 9.53 Å². The Morgan fingerprint density at radius 2 is 2.00 bits per heavy atom. The molecule has 0 amide bonds. The first-order chi connectivity index (χ1) is 9.35. The van der Waals surface area contributed by atoms with Crippen LogP contribution in [0, 0.1) is 5.92 Å². The van der Waals surface area contributed by atoms with Crippen molar-refractivity contribution in [2.75, 3.05) is 33.8 Å². The minimum atomic E-state index is -0.540. The minimum absolute atomic E-state index is 0.151. The summed E-state index contributed by atoms with van der Waals surface area (Å²) in [6.07, 6.45) is 3.99. The molecule has 4 nitrogen and oxygen atoms in total. The Balaban J connectivity index is 4.11. The van der Waals surface area contributed by atoms with Crippen LogP contribution in [0.4, 0.5) is 0 Å². The Morgan fingerprint density at radius 3 is 2.50 bits per heavy atom. The molecule has 4 heteroatoms. The second-order valence-electron chi connectivity index (χ2n) is 6.36. The van der Waals surface area contributed by atoms with Gasteiger partial charge < -0.3 is 15.0 Å². The Labute approximate surface area is 125 Å². The van der Waals surface area contributed by atoms with Crippen LogP contribution in [0.25, 0.3) is 0 Å². The molecule has 0 saturated heterocycles. The summed E-state index contributed by atoms with van der Waals surface area (Å²) in [7, 11) is 3.62. The van der Waals surface area contributed by atoms with Gasteiger partial charge in [0.15, 0.2) is 0 Å². The number of hydrogen-bond acceptors (Lipinski definition) is 4. The Hall–Kier alpha value is -0.610. The van der Waals surface area contributed by atoms with Crippen molar-refractivity contribution in [2.24, 2.45) is 5.92 Å². The van der Waals surface area contributed by atoms with Crippen LogP contribution in [-0.2, 0) is 9.53 Å². The van der Waals surface area contributed by atoms with Crippen molar-refractivity contribution in [1.82, 2.24) is 10.2 Å². The molecule has 0 aromatic rings. The third-order valence-electron chi connectivity index (χ3n) is 3.54. The Bertz CT molecular complexity index is 269. The van der Waals surface area contributed by atoms with Gasteiger partial charge in [-0.2, -0.15) is 0 Å². The maximum absolute atomic E-state index is 11.9.